The van der Waals surface area contributed by atoms with E-state index in [1.54, 1.807) is 112 Å². The smallest absolute Gasteiger partial charge is 0.822 e. The zero-order valence-electron chi connectivity index (χ0n) is 18.5. The molecule has 0 fully saturated rings. The zero-order valence-corrected chi connectivity index (χ0v) is 20.4. The van der Waals surface area contributed by atoms with Gasteiger partial charge in [-0.2, -0.15) is 7.82 Å². The maximum Gasteiger partial charge on any atom is 3.00 e. The first-order chi connectivity index (χ1) is 17.0. The van der Waals surface area contributed by atoms with Crippen LogP contribution in [-0.4, -0.2) is 59.8 Å². The van der Waals surface area contributed by atoms with E-state index in [1.807, 2.05) is 0 Å². The van der Waals surface area contributed by atoms with E-state index in [2.05, 4.69) is 59.8 Å². The van der Waals surface area contributed by atoms with Crippen LogP contribution < -0.4 is 14.7 Å². The van der Waals surface area contributed by atoms with Gasteiger partial charge in [0, 0.05) is 74.4 Å². The predicted octanol–water partition coefficient (Wildman–Crippen LogP) is -0.369. The van der Waals surface area contributed by atoms with E-state index in [9.17, 15) is 0 Å². The Morgan fingerprint density at radius 3 is 0.583 bits per heavy atom. The number of nitrogens with zero attached hydrogens (tertiary/aromatic N) is 6. The number of aromatic amines is 6. The van der Waals surface area contributed by atoms with Crippen LogP contribution in [0.15, 0.2) is 112 Å². The molecule has 16 nitrogen and oxygen atoms in total. The van der Waals surface area contributed by atoms with Gasteiger partial charge in [0.1, 0.15) is 0 Å². The summed E-state index contributed by atoms with van der Waals surface area (Å²) in [6.07, 6.45) is 30.5. The van der Waals surface area contributed by atoms with Crippen molar-refractivity contribution in [3.63, 3.8) is 0 Å². The number of imidazole rings is 6. The van der Waals surface area contributed by atoms with Crippen molar-refractivity contribution in [3.8, 4) is 0 Å². The first-order valence-corrected chi connectivity index (χ1v) is 10.8. The first kappa shape index (κ1) is 34.0. The van der Waals surface area contributed by atoms with Crippen molar-refractivity contribution in [1.82, 2.24) is 59.8 Å². The maximum atomic E-state index is 8.55. The molecule has 6 N–H and O–H groups in total. The molecular weight excluding hydrogens is 538 g/mol. The van der Waals surface area contributed by atoms with Gasteiger partial charge in [-0.1, -0.05) is 0 Å². The summed E-state index contributed by atoms with van der Waals surface area (Å²) in [7, 11) is -5.39. The van der Waals surface area contributed by atoms with Crippen LogP contribution in [0.3, 0.4) is 0 Å². The van der Waals surface area contributed by atoms with Crippen molar-refractivity contribution in [2.24, 2.45) is 0 Å². The third-order valence-corrected chi connectivity index (χ3v) is 2.44. The van der Waals surface area contributed by atoms with E-state index in [0.29, 0.717) is 0 Å². The van der Waals surface area contributed by atoms with E-state index < -0.39 is 7.82 Å². The summed E-state index contributed by atoms with van der Waals surface area (Å²) in [5.74, 6) is 0. The van der Waals surface area contributed by atoms with Crippen LogP contribution in [0.5, 0.6) is 0 Å². The average molecular weight is 562 g/mol. The van der Waals surface area contributed by atoms with Crippen molar-refractivity contribution in [3.05, 3.63) is 112 Å². The van der Waals surface area contributed by atoms with E-state index in [-0.39, 0.29) is 16.5 Å². The summed E-state index contributed by atoms with van der Waals surface area (Å²) in [5, 5.41) is 0. The topological polar surface area (TPSA) is 258 Å². The first-order valence-electron chi connectivity index (χ1n) is 9.29. The third kappa shape index (κ3) is 37.2. The van der Waals surface area contributed by atoms with Crippen molar-refractivity contribution in [2.75, 3.05) is 0 Å². The van der Waals surface area contributed by atoms with Crippen molar-refractivity contribution < 1.29 is 35.7 Å². The molecule has 195 valence electrons. The summed E-state index contributed by atoms with van der Waals surface area (Å²) in [6.45, 7) is 0. The van der Waals surface area contributed by atoms with Gasteiger partial charge in [-0.25, -0.2) is 29.9 Å². The van der Waals surface area contributed by atoms with E-state index in [4.69, 9.17) is 19.2 Å². The van der Waals surface area contributed by atoms with E-state index >= 15 is 0 Å². The molecule has 0 aliphatic heterocycles. The van der Waals surface area contributed by atoms with Gasteiger partial charge in [-0.15, -0.1) is 0 Å². The van der Waals surface area contributed by atoms with Crippen LogP contribution >= 0.6 is 7.82 Å². The fraction of sp³-hybridized carbons (Fsp3) is 0. The van der Waals surface area contributed by atoms with Crippen molar-refractivity contribution >= 4 is 7.82 Å². The largest absolute Gasteiger partial charge is 3.00 e. The Labute approximate surface area is 215 Å². The Morgan fingerprint density at radius 1 is 0.417 bits per heavy atom. The van der Waals surface area contributed by atoms with Crippen LogP contribution in [0, 0.1) is 0 Å². The SMILES string of the molecule is O=P([O-])([O-])[O-].[Ni+3].c1c[nH]cn1.c1c[nH]cn1.c1c[nH]cn1.c1c[nH]cn1.c1c[nH]cn1.c1c[nH]cn1. The summed E-state index contributed by atoms with van der Waals surface area (Å²) >= 11 is 0. The molecule has 0 saturated carbocycles. The Morgan fingerprint density at radius 2 is 0.556 bits per heavy atom. The molecular formula is C18H24N12NiO4P. The molecule has 0 spiro atoms. The monoisotopic (exact) mass is 561 g/mol. The summed E-state index contributed by atoms with van der Waals surface area (Å²) in [4.78, 5) is 64.1. The van der Waals surface area contributed by atoms with Crippen LogP contribution in [0.1, 0.15) is 0 Å². The molecule has 0 aliphatic carbocycles. The molecule has 6 heterocycles. The molecule has 6 rings (SSSR count). The quantitative estimate of drug-likeness (QED) is 0.103. The standard InChI is InChI=1S/6C3H4N2.Ni.H3O4P/c6*1-2-5-3-4-1;;1-5(2,3)4/h6*1-3H,(H,4,5);;(H3,1,2,3,4)/q;;;;;;+3;/p-3. The van der Waals surface area contributed by atoms with E-state index in [0.717, 1.165) is 0 Å². The molecule has 0 atom stereocenters. The maximum absolute atomic E-state index is 8.55. The van der Waals surface area contributed by atoms with Gasteiger partial charge in [-0.3, -0.25) is 0 Å². The van der Waals surface area contributed by atoms with Crippen LogP contribution in [0.25, 0.3) is 0 Å². The fourth-order valence-electron chi connectivity index (χ4n) is 1.29. The molecule has 0 unspecified atom stereocenters. The van der Waals surface area contributed by atoms with Gasteiger partial charge in [0.15, 0.2) is 0 Å². The number of phosphoric acid groups is 1. The molecule has 0 aromatic carbocycles. The average Bonchev–Trinajstić information content (AvgIpc) is 3.75. The van der Waals surface area contributed by atoms with Gasteiger partial charge >= 0.3 is 16.5 Å². The number of H-pyrrole nitrogens is 6. The summed E-state index contributed by atoms with van der Waals surface area (Å²) in [5.41, 5.74) is 0. The Hall–Kier alpha value is -4.14. The summed E-state index contributed by atoms with van der Waals surface area (Å²) in [6, 6.07) is 0. The molecule has 18 heteroatoms. The van der Waals surface area contributed by atoms with Gasteiger partial charge in [0.25, 0.3) is 0 Å². The Bertz CT molecular complexity index is 739. The molecule has 0 bridgehead atoms. The van der Waals surface area contributed by atoms with Crippen LogP contribution in [0.2, 0.25) is 0 Å². The molecule has 6 aromatic rings. The van der Waals surface area contributed by atoms with Crippen molar-refractivity contribution in [1.29, 1.82) is 0 Å². The van der Waals surface area contributed by atoms with Gasteiger partial charge in [0.05, 0.1) is 38.0 Å². The van der Waals surface area contributed by atoms with Crippen molar-refractivity contribution in [2.45, 2.75) is 0 Å². The second kappa shape index (κ2) is 27.1. The van der Waals surface area contributed by atoms with Gasteiger partial charge < -0.3 is 49.1 Å². The van der Waals surface area contributed by atoms with E-state index in [1.165, 1.54) is 0 Å². The van der Waals surface area contributed by atoms with Crippen LogP contribution in [-0.2, 0) is 21.1 Å². The fourth-order valence-corrected chi connectivity index (χ4v) is 1.29. The number of hydrogen-bond acceptors (Lipinski definition) is 10. The molecule has 0 aliphatic rings. The number of aromatic nitrogens is 12. The minimum atomic E-state index is -5.39. The molecule has 36 heavy (non-hydrogen) atoms. The summed E-state index contributed by atoms with van der Waals surface area (Å²) < 4.78 is 8.55. The predicted molar refractivity (Wildman–Crippen MR) is 119 cm³/mol. The number of nitrogens with one attached hydrogen (secondary N) is 6. The molecule has 6 aromatic heterocycles. The number of hydrogen-bond donors (Lipinski definition) is 6. The Balaban J connectivity index is 0. The molecule has 1 radical (unpaired) electrons. The van der Waals surface area contributed by atoms with Gasteiger partial charge in [0.2, 0.25) is 0 Å². The second-order valence-electron chi connectivity index (χ2n) is 5.01. The minimum absolute atomic E-state index is 0. The number of rotatable bonds is 0. The minimum Gasteiger partial charge on any atom is -0.822 e. The molecule has 0 amide bonds. The van der Waals surface area contributed by atoms with Crippen LogP contribution in [0.4, 0.5) is 0 Å². The van der Waals surface area contributed by atoms with Gasteiger partial charge in [-0.05, 0) is 0 Å². The molecule has 0 saturated heterocycles. The normalized spacial score (nSPS) is 8.31. The Kier molecular flexibility index (Phi) is 25.6. The third-order valence-electron chi connectivity index (χ3n) is 2.44. The zero-order chi connectivity index (χ0) is 25.7. The second-order valence-corrected chi connectivity index (χ2v) is 5.91.